The summed E-state index contributed by atoms with van der Waals surface area (Å²) < 4.78 is 23.0. The predicted molar refractivity (Wildman–Crippen MR) is 63.9 cm³/mol. The van der Waals surface area contributed by atoms with Crippen LogP contribution in [0, 0.1) is 0 Å². The van der Waals surface area contributed by atoms with Crippen molar-refractivity contribution in [2.75, 3.05) is 0 Å². The molecule has 0 atom stereocenters. The van der Waals surface area contributed by atoms with Gasteiger partial charge in [-0.25, -0.2) is 18.4 Å². The number of carbonyl (C=O) groups is 1. The van der Waals surface area contributed by atoms with E-state index in [1.165, 1.54) is 6.07 Å². The van der Waals surface area contributed by atoms with Gasteiger partial charge in [-0.15, -0.1) is 0 Å². The first-order chi connectivity index (χ1) is 7.66. The van der Waals surface area contributed by atoms with E-state index in [-0.39, 0.29) is 22.1 Å². The van der Waals surface area contributed by atoms with E-state index in [2.05, 4.69) is 0 Å². The lowest BCUT2D eigenvalue weighted by molar-refractivity contribution is 0.0692. The topological polar surface area (TPSA) is 97.5 Å². The summed E-state index contributed by atoms with van der Waals surface area (Å²) in [6, 6.07) is 2.49. The lowest BCUT2D eigenvalue weighted by atomic mass is 10.0. The average molecular weight is 278 g/mol. The molecule has 1 rings (SSSR count). The molecule has 0 radical (unpaired) electrons. The Morgan fingerprint density at radius 3 is 2.29 bits per heavy atom. The highest BCUT2D eigenvalue weighted by Crippen LogP contribution is 2.32. The number of carboxylic acids is 1. The number of sulfonamides is 1. The molecule has 5 nitrogen and oxygen atoms in total. The summed E-state index contributed by atoms with van der Waals surface area (Å²) in [4.78, 5) is 10.6. The summed E-state index contributed by atoms with van der Waals surface area (Å²) >= 11 is 5.89. The van der Waals surface area contributed by atoms with Gasteiger partial charge in [-0.1, -0.05) is 25.4 Å². The summed E-state index contributed by atoms with van der Waals surface area (Å²) in [5, 5.41) is 14.2. The Balaban J connectivity index is 3.82. The lowest BCUT2D eigenvalue weighted by Gasteiger charge is -2.15. The SMILES string of the molecule is CC(C)c1c(Cl)ccc(C(=O)O)c1S(N)(=O)=O. The van der Waals surface area contributed by atoms with Crippen LogP contribution in [-0.4, -0.2) is 19.5 Å². The Kier molecular flexibility index (Phi) is 3.81. The van der Waals surface area contributed by atoms with Crippen LogP contribution in [0.5, 0.6) is 0 Å². The summed E-state index contributed by atoms with van der Waals surface area (Å²) in [6.07, 6.45) is 0. The molecular formula is C10H12ClNO4S. The van der Waals surface area contributed by atoms with Gasteiger partial charge in [0.1, 0.15) is 4.90 Å². The van der Waals surface area contributed by atoms with Crippen molar-refractivity contribution in [2.24, 2.45) is 5.14 Å². The first-order valence-electron chi connectivity index (χ1n) is 4.74. The molecule has 0 heterocycles. The molecule has 1 aromatic rings. The predicted octanol–water partition coefficient (Wildman–Crippen LogP) is 1.81. The van der Waals surface area contributed by atoms with E-state index in [1.807, 2.05) is 0 Å². The van der Waals surface area contributed by atoms with Gasteiger partial charge in [-0.2, -0.15) is 0 Å². The highest BCUT2D eigenvalue weighted by Gasteiger charge is 2.26. The van der Waals surface area contributed by atoms with Crippen molar-refractivity contribution >= 4 is 27.6 Å². The largest absolute Gasteiger partial charge is 0.478 e. The standard InChI is InChI=1S/C10H12ClNO4S/c1-5(2)8-7(11)4-3-6(10(13)14)9(8)17(12,15)16/h3-5H,1-2H3,(H,13,14)(H2,12,15,16). The maximum absolute atomic E-state index is 11.5. The molecule has 0 aliphatic heterocycles. The van der Waals surface area contributed by atoms with Crippen molar-refractivity contribution in [3.05, 3.63) is 28.3 Å². The minimum atomic E-state index is -4.14. The maximum atomic E-state index is 11.5. The van der Waals surface area contributed by atoms with E-state index in [0.29, 0.717) is 0 Å². The number of benzene rings is 1. The number of rotatable bonds is 3. The molecule has 0 saturated heterocycles. The molecule has 0 amide bonds. The van der Waals surface area contributed by atoms with E-state index in [0.717, 1.165) is 6.07 Å². The number of halogens is 1. The molecule has 0 bridgehead atoms. The third-order valence-corrected chi connectivity index (χ3v) is 3.57. The minimum Gasteiger partial charge on any atom is -0.478 e. The van der Waals surface area contributed by atoms with Gasteiger partial charge in [-0.05, 0) is 23.6 Å². The number of carboxylic acid groups (broad SMARTS) is 1. The summed E-state index contributed by atoms with van der Waals surface area (Å²) in [7, 11) is -4.14. The first kappa shape index (κ1) is 14.0. The smallest absolute Gasteiger partial charge is 0.337 e. The van der Waals surface area contributed by atoms with Crippen molar-refractivity contribution in [3.63, 3.8) is 0 Å². The fourth-order valence-corrected chi connectivity index (χ4v) is 3.13. The van der Waals surface area contributed by atoms with Crippen LogP contribution in [0.3, 0.4) is 0 Å². The molecule has 0 aromatic heterocycles. The second-order valence-corrected chi connectivity index (χ2v) is 5.75. The molecule has 0 spiro atoms. The molecule has 0 aliphatic rings. The Hall–Kier alpha value is -1.11. The first-order valence-corrected chi connectivity index (χ1v) is 6.67. The Morgan fingerprint density at radius 1 is 1.41 bits per heavy atom. The Morgan fingerprint density at radius 2 is 1.94 bits per heavy atom. The van der Waals surface area contributed by atoms with Gasteiger partial charge in [0.2, 0.25) is 10.0 Å². The molecule has 0 aliphatic carbocycles. The van der Waals surface area contributed by atoms with Crippen LogP contribution in [0.1, 0.15) is 35.7 Å². The minimum absolute atomic E-state index is 0.189. The quantitative estimate of drug-likeness (QED) is 0.880. The molecule has 1 aromatic carbocycles. The molecule has 0 fully saturated rings. The molecule has 0 unspecified atom stereocenters. The molecule has 3 N–H and O–H groups in total. The van der Waals surface area contributed by atoms with Crippen LogP contribution in [0.15, 0.2) is 17.0 Å². The van der Waals surface area contributed by atoms with Crippen LogP contribution in [0.25, 0.3) is 0 Å². The number of nitrogens with two attached hydrogens (primary N) is 1. The number of hydrogen-bond donors (Lipinski definition) is 2. The monoisotopic (exact) mass is 277 g/mol. The average Bonchev–Trinajstić information content (AvgIpc) is 2.14. The van der Waals surface area contributed by atoms with E-state index in [9.17, 15) is 13.2 Å². The van der Waals surface area contributed by atoms with E-state index < -0.39 is 20.9 Å². The van der Waals surface area contributed by atoms with Crippen LogP contribution < -0.4 is 5.14 Å². The number of primary sulfonamides is 1. The van der Waals surface area contributed by atoms with E-state index >= 15 is 0 Å². The zero-order valence-electron chi connectivity index (χ0n) is 9.27. The Labute approximate surface area is 104 Å². The zero-order chi connectivity index (χ0) is 13.4. The van der Waals surface area contributed by atoms with Crippen LogP contribution in [-0.2, 0) is 10.0 Å². The van der Waals surface area contributed by atoms with Crippen molar-refractivity contribution in [3.8, 4) is 0 Å². The van der Waals surface area contributed by atoms with Gasteiger partial charge in [0.25, 0.3) is 0 Å². The van der Waals surface area contributed by atoms with Gasteiger partial charge in [-0.3, -0.25) is 0 Å². The van der Waals surface area contributed by atoms with Gasteiger partial charge in [0.05, 0.1) is 5.56 Å². The van der Waals surface area contributed by atoms with Crippen LogP contribution in [0.2, 0.25) is 5.02 Å². The molecule has 0 saturated carbocycles. The highest BCUT2D eigenvalue weighted by atomic mass is 35.5. The van der Waals surface area contributed by atoms with Crippen molar-refractivity contribution < 1.29 is 18.3 Å². The summed E-state index contributed by atoms with van der Waals surface area (Å²) in [5.41, 5.74) is -0.130. The lowest BCUT2D eigenvalue weighted by Crippen LogP contribution is -2.20. The summed E-state index contributed by atoms with van der Waals surface area (Å²) in [5.74, 6) is -1.61. The van der Waals surface area contributed by atoms with Crippen molar-refractivity contribution in [2.45, 2.75) is 24.7 Å². The third kappa shape index (κ3) is 2.77. The van der Waals surface area contributed by atoms with Gasteiger partial charge < -0.3 is 5.11 Å². The van der Waals surface area contributed by atoms with E-state index in [4.69, 9.17) is 21.8 Å². The van der Waals surface area contributed by atoms with Crippen molar-refractivity contribution in [1.82, 2.24) is 0 Å². The van der Waals surface area contributed by atoms with Crippen LogP contribution in [0.4, 0.5) is 0 Å². The fraction of sp³-hybridized carbons (Fsp3) is 0.300. The maximum Gasteiger partial charge on any atom is 0.337 e. The molecule has 17 heavy (non-hydrogen) atoms. The van der Waals surface area contributed by atoms with Gasteiger partial charge in [0.15, 0.2) is 0 Å². The fourth-order valence-electron chi connectivity index (χ4n) is 1.59. The molecule has 7 heteroatoms. The summed E-state index contributed by atoms with van der Waals surface area (Å²) in [6.45, 7) is 3.42. The van der Waals surface area contributed by atoms with Gasteiger partial charge in [0, 0.05) is 5.02 Å². The van der Waals surface area contributed by atoms with Crippen LogP contribution >= 0.6 is 11.6 Å². The van der Waals surface area contributed by atoms with Crippen molar-refractivity contribution in [1.29, 1.82) is 0 Å². The van der Waals surface area contributed by atoms with Gasteiger partial charge >= 0.3 is 5.97 Å². The zero-order valence-corrected chi connectivity index (χ0v) is 10.8. The number of aromatic carboxylic acids is 1. The number of hydrogen-bond acceptors (Lipinski definition) is 3. The molecular weight excluding hydrogens is 266 g/mol. The molecule has 94 valence electrons. The second-order valence-electron chi connectivity index (χ2n) is 3.84. The second kappa shape index (κ2) is 4.64. The third-order valence-electron chi connectivity index (χ3n) is 2.24. The normalized spacial score (nSPS) is 11.8. The van der Waals surface area contributed by atoms with E-state index in [1.54, 1.807) is 13.8 Å². The highest BCUT2D eigenvalue weighted by molar-refractivity contribution is 7.89. The Bertz CT molecular complexity index is 566.